The van der Waals surface area contributed by atoms with Crippen LogP contribution in [0.4, 0.5) is 11.4 Å². The topological polar surface area (TPSA) is 34.0 Å². The van der Waals surface area contributed by atoms with Gasteiger partial charge in [-0.1, -0.05) is 135 Å². The van der Waals surface area contributed by atoms with Crippen molar-refractivity contribution in [2.24, 2.45) is 10.2 Å². The molecule has 0 saturated heterocycles. The summed E-state index contributed by atoms with van der Waals surface area (Å²) in [7, 11) is 0. The van der Waals surface area contributed by atoms with E-state index in [0.717, 1.165) is 36.6 Å². The Morgan fingerprint density at radius 3 is 1.37 bits per heavy atom. The van der Waals surface area contributed by atoms with Gasteiger partial charge in [0.1, 0.15) is 5.75 Å². The van der Waals surface area contributed by atoms with Gasteiger partial charge in [-0.3, -0.25) is 0 Å². The number of aryl methyl sites for hydroxylation is 1. The molecule has 0 radical (unpaired) electrons. The second kappa shape index (κ2) is 27.7. The number of azo groups is 1. The first-order valence-electron chi connectivity index (χ1n) is 18.1. The van der Waals surface area contributed by atoms with Crippen LogP contribution in [-0.4, -0.2) is 18.1 Å². The summed E-state index contributed by atoms with van der Waals surface area (Å²) in [6, 6.07) is 16.4. The van der Waals surface area contributed by atoms with Gasteiger partial charge in [-0.25, -0.2) is 0 Å². The fourth-order valence-corrected chi connectivity index (χ4v) is 6.38. The van der Waals surface area contributed by atoms with Crippen molar-refractivity contribution in [3.05, 3.63) is 54.1 Å². The Labute approximate surface area is 270 Å². The van der Waals surface area contributed by atoms with Crippen LogP contribution in [0, 0.1) is 0 Å². The number of benzene rings is 2. The minimum Gasteiger partial charge on any atom is -0.494 e. The van der Waals surface area contributed by atoms with Gasteiger partial charge >= 0.3 is 0 Å². The van der Waals surface area contributed by atoms with Crippen molar-refractivity contribution >= 4 is 23.1 Å². The Bertz CT molecular complexity index is 896. The van der Waals surface area contributed by atoms with Crippen LogP contribution in [0.1, 0.15) is 154 Å². The van der Waals surface area contributed by atoms with Crippen LogP contribution in [0.2, 0.25) is 0 Å². The predicted molar refractivity (Wildman–Crippen MR) is 192 cm³/mol. The van der Waals surface area contributed by atoms with Crippen LogP contribution >= 0.6 is 11.8 Å². The lowest BCUT2D eigenvalue weighted by Crippen LogP contribution is -1.96. The maximum Gasteiger partial charge on any atom is 0.119 e. The molecular weight excluding hydrogens is 545 g/mol. The molecule has 0 spiro atoms. The molecule has 2 aromatic rings. The first-order valence-corrected chi connectivity index (χ1v) is 19.3. The molecule has 242 valence electrons. The number of hydrogen-bond acceptors (Lipinski definition) is 4. The molecule has 0 aromatic heterocycles. The van der Waals surface area contributed by atoms with Crippen molar-refractivity contribution in [2.45, 2.75) is 155 Å². The highest BCUT2D eigenvalue weighted by atomic mass is 32.2. The number of hydrogen-bond donors (Lipinski definition) is 0. The van der Waals surface area contributed by atoms with E-state index in [2.05, 4.69) is 48.0 Å². The van der Waals surface area contributed by atoms with E-state index in [0.29, 0.717) is 0 Å². The van der Waals surface area contributed by atoms with Crippen LogP contribution in [0.25, 0.3) is 0 Å². The fraction of sp³-hybridized carbons (Fsp3) is 0.692. The lowest BCUT2D eigenvalue weighted by atomic mass is 10.1. The summed E-state index contributed by atoms with van der Waals surface area (Å²) < 4.78 is 5.94. The highest BCUT2D eigenvalue weighted by Crippen LogP contribution is 2.22. The zero-order valence-electron chi connectivity index (χ0n) is 28.0. The minimum atomic E-state index is 0.794. The average Bonchev–Trinajstić information content (AvgIpc) is 3.04. The molecule has 0 bridgehead atoms. The Hall–Kier alpha value is -1.81. The summed E-state index contributed by atoms with van der Waals surface area (Å²) in [5.41, 5.74) is 3.11. The van der Waals surface area contributed by atoms with Gasteiger partial charge in [-0.2, -0.15) is 22.0 Å². The van der Waals surface area contributed by atoms with Crippen LogP contribution < -0.4 is 4.74 Å². The second-order valence-corrected chi connectivity index (χ2v) is 13.5. The van der Waals surface area contributed by atoms with E-state index < -0.39 is 0 Å². The highest BCUT2D eigenvalue weighted by Gasteiger charge is 1.99. The van der Waals surface area contributed by atoms with Crippen molar-refractivity contribution in [2.75, 3.05) is 18.1 Å². The third-order valence-electron chi connectivity index (χ3n) is 8.22. The maximum absolute atomic E-state index is 5.94. The van der Waals surface area contributed by atoms with Gasteiger partial charge in [0.25, 0.3) is 0 Å². The third-order valence-corrected chi connectivity index (χ3v) is 9.37. The van der Waals surface area contributed by atoms with Crippen LogP contribution in [0.5, 0.6) is 5.75 Å². The molecule has 4 heteroatoms. The van der Waals surface area contributed by atoms with Crippen molar-refractivity contribution in [1.29, 1.82) is 0 Å². The zero-order valence-corrected chi connectivity index (χ0v) is 28.8. The molecular formula is C39H64N2OS. The Balaban J connectivity index is 1.33. The third kappa shape index (κ3) is 21.5. The monoisotopic (exact) mass is 608 g/mol. The number of thioether (sulfide) groups is 1. The minimum absolute atomic E-state index is 0.794. The molecule has 2 aromatic carbocycles. The van der Waals surface area contributed by atoms with Crippen LogP contribution in [0.15, 0.2) is 58.8 Å². The van der Waals surface area contributed by atoms with E-state index in [1.165, 1.54) is 145 Å². The lowest BCUT2D eigenvalue weighted by Gasteiger charge is -2.06. The number of nitrogens with zero attached hydrogens (tertiary/aromatic N) is 2. The summed E-state index contributed by atoms with van der Waals surface area (Å²) in [6.45, 7) is 5.32. The summed E-state index contributed by atoms with van der Waals surface area (Å²) in [5, 5.41) is 8.74. The van der Waals surface area contributed by atoms with Gasteiger partial charge in [0.05, 0.1) is 18.0 Å². The summed E-state index contributed by atoms with van der Waals surface area (Å²) in [6.07, 6.45) is 30.2. The Kier molecular flexibility index (Phi) is 24.1. The molecule has 0 N–H and O–H groups in total. The van der Waals surface area contributed by atoms with E-state index in [-0.39, 0.29) is 0 Å². The van der Waals surface area contributed by atoms with Crippen LogP contribution in [-0.2, 0) is 6.42 Å². The first kappa shape index (κ1) is 37.4. The second-order valence-electron chi connectivity index (χ2n) is 12.3. The molecule has 0 aliphatic rings. The Morgan fingerprint density at radius 1 is 0.465 bits per heavy atom. The summed E-state index contributed by atoms with van der Waals surface area (Å²) in [4.78, 5) is 0. The molecule has 0 aliphatic carbocycles. The number of rotatable bonds is 29. The highest BCUT2D eigenvalue weighted by molar-refractivity contribution is 7.99. The van der Waals surface area contributed by atoms with Crippen molar-refractivity contribution in [1.82, 2.24) is 0 Å². The molecule has 43 heavy (non-hydrogen) atoms. The quantitative estimate of drug-likeness (QED) is 0.0680. The normalized spacial score (nSPS) is 11.5. The van der Waals surface area contributed by atoms with Gasteiger partial charge in [-0.15, -0.1) is 0 Å². The van der Waals surface area contributed by atoms with Gasteiger partial charge in [0, 0.05) is 0 Å². The van der Waals surface area contributed by atoms with E-state index in [1.807, 2.05) is 36.4 Å². The standard InChI is InChI=1S/C39H64N2OS/c1-3-5-7-8-9-10-13-16-19-22-34-43-35-23-20-17-14-11-12-15-18-21-33-42-39-31-29-38(30-32-39)41-40-37-27-25-36(26-28-37)24-6-4-2/h25-32H,3-24,33-35H2,1-2H3. The molecule has 0 saturated carbocycles. The fourth-order valence-electron chi connectivity index (χ4n) is 5.36. The van der Waals surface area contributed by atoms with Crippen molar-refractivity contribution in [3.8, 4) is 5.75 Å². The first-order chi connectivity index (χ1) is 21.3. The SMILES string of the molecule is CCCCCCCCCCCCSCCCCCCCCCCCOc1ccc(N=Nc2ccc(CCCC)cc2)cc1. The summed E-state index contributed by atoms with van der Waals surface area (Å²) in [5.74, 6) is 3.67. The molecule has 3 nitrogen and oxygen atoms in total. The Morgan fingerprint density at radius 2 is 0.884 bits per heavy atom. The van der Waals surface area contributed by atoms with Gasteiger partial charge in [0.2, 0.25) is 0 Å². The zero-order chi connectivity index (χ0) is 30.5. The van der Waals surface area contributed by atoms with E-state index in [9.17, 15) is 0 Å². The van der Waals surface area contributed by atoms with Gasteiger partial charge < -0.3 is 4.74 Å². The molecule has 0 unspecified atom stereocenters. The summed E-state index contributed by atoms with van der Waals surface area (Å²) >= 11 is 2.19. The van der Waals surface area contributed by atoms with Crippen LogP contribution in [0.3, 0.4) is 0 Å². The van der Waals surface area contributed by atoms with E-state index in [1.54, 1.807) is 0 Å². The lowest BCUT2D eigenvalue weighted by molar-refractivity contribution is 0.304. The predicted octanol–water partition coefficient (Wildman–Crippen LogP) is 14.0. The van der Waals surface area contributed by atoms with Crippen molar-refractivity contribution in [3.63, 3.8) is 0 Å². The molecule has 0 atom stereocenters. The average molecular weight is 609 g/mol. The van der Waals surface area contributed by atoms with Gasteiger partial charge in [0.15, 0.2) is 0 Å². The number of unbranched alkanes of at least 4 members (excludes halogenated alkanes) is 18. The van der Waals surface area contributed by atoms with E-state index >= 15 is 0 Å². The molecule has 0 aliphatic heterocycles. The van der Waals surface area contributed by atoms with Gasteiger partial charge in [-0.05, 0) is 85.6 Å². The molecule has 0 fully saturated rings. The van der Waals surface area contributed by atoms with E-state index in [4.69, 9.17) is 4.74 Å². The maximum atomic E-state index is 5.94. The molecule has 0 heterocycles. The largest absolute Gasteiger partial charge is 0.494 e. The molecule has 0 amide bonds. The number of ether oxygens (including phenoxy) is 1. The smallest absolute Gasteiger partial charge is 0.119 e. The van der Waals surface area contributed by atoms with Crippen molar-refractivity contribution < 1.29 is 4.74 Å². The molecule has 2 rings (SSSR count).